The maximum Gasteiger partial charge on any atom is 0.292 e. The molecule has 0 bridgehead atoms. The number of hydrogen-bond acceptors (Lipinski definition) is 8. The molecule has 4 aromatic rings. The van der Waals surface area contributed by atoms with Crippen LogP contribution in [-0.2, 0) is 4.79 Å². The van der Waals surface area contributed by atoms with E-state index in [9.17, 15) is 4.79 Å². The van der Waals surface area contributed by atoms with Crippen LogP contribution < -0.4 is 16.4 Å². The van der Waals surface area contributed by atoms with Gasteiger partial charge in [0.1, 0.15) is 5.52 Å². The Kier molecular flexibility index (Phi) is 4.67. The molecule has 31 heavy (non-hydrogen) atoms. The number of nitrogens with two attached hydrogens (primary N) is 2. The Morgan fingerprint density at radius 3 is 2.61 bits per heavy atom. The van der Waals surface area contributed by atoms with Crippen LogP contribution in [0.3, 0.4) is 0 Å². The van der Waals surface area contributed by atoms with E-state index in [0.29, 0.717) is 24.2 Å². The van der Waals surface area contributed by atoms with Crippen molar-refractivity contribution in [1.29, 1.82) is 0 Å². The van der Waals surface area contributed by atoms with Crippen molar-refractivity contribution < 1.29 is 9.21 Å². The predicted molar refractivity (Wildman–Crippen MR) is 119 cm³/mol. The molecular weight excluding hydrogens is 394 g/mol. The third kappa shape index (κ3) is 3.64. The van der Waals surface area contributed by atoms with E-state index in [2.05, 4.69) is 14.9 Å². The van der Waals surface area contributed by atoms with Crippen LogP contribution in [0.1, 0.15) is 6.92 Å². The molecular formula is C22H23N7O2. The lowest BCUT2D eigenvalue weighted by Crippen LogP contribution is -2.52. The van der Waals surface area contributed by atoms with Crippen molar-refractivity contribution in [3.63, 3.8) is 0 Å². The topological polar surface area (TPSA) is 127 Å². The molecule has 1 atom stereocenters. The largest absolute Gasteiger partial charge is 0.424 e. The Morgan fingerprint density at radius 2 is 1.84 bits per heavy atom. The van der Waals surface area contributed by atoms with Gasteiger partial charge in [-0.1, -0.05) is 0 Å². The summed E-state index contributed by atoms with van der Waals surface area (Å²) in [6, 6.07) is 11.3. The molecule has 158 valence electrons. The number of carbonyl (C=O) groups excluding carboxylic acids is 1. The molecule has 1 amide bonds. The number of amides is 1. The van der Waals surface area contributed by atoms with Gasteiger partial charge in [0.05, 0.1) is 34.7 Å². The summed E-state index contributed by atoms with van der Waals surface area (Å²) in [6.45, 7) is 4.48. The van der Waals surface area contributed by atoms with Gasteiger partial charge < -0.3 is 25.7 Å². The third-order valence-electron chi connectivity index (χ3n) is 5.57. The Bertz CT molecular complexity index is 1280. The number of nitrogen functional groups attached to an aromatic ring is 1. The highest BCUT2D eigenvalue weighted by molar-refractivity contribution is 5.84. The minimum absolute atomic E-state index is 0.00608. The fourth-order valence-electron chi connectivity index (χ4n) is 3.91. The number of hydrogen-bond donors (Lipinski definition) is 2. The second kappa shape index (κ2) is 7.51. The van der Waals surface area contributed by atoms with E-state index >= 15 is 0 Å². The molecule has 0 aliphatic carbocycles. The number of oxazole rings is 1. The van der Waals surface area contributed by atoms with Crippen LogP contribution in [0, 0.1) is 0 Å². The molecule has 0 saturated carbocycles. The van der Waals surface area contributed by atoms with Gasteiger partial charge in [0, 0.05) is 31.7 Å². The van der Waals surface area contributed by atoms with Gasteiger partial charge in [-0.15, -0.1) is 0 Å². The molecule has 9 nitrogen and oxygen atoms in total. The molecule has 1 aliphatic rings. The van der Waals surface area contributed by atoms with Gasteiger partial charge in [0.2, 0.25) is 5.91 Å². The zero-order valence-electron chi connectivity index (χ0n) is 17.2. The zero-order valence-corrected chi connectivity index (χ0v) is 17.2. The summed E-state index contributed by atoms with van der Waals surface area (Å²) in [7, 11) is 0. The Balaban J connectivity index is 1.41. The van der Waals surface area contributed by atoms with Crippen LogP contribution in [0.5, 0.6) is 0 Å². The SMILES string of the molecule is C[C@@H](N)C(=O)N1CCN(c2cnc3ccc(-c4ccc5oc(N)nc5c4)nc3c2)CC1. The highest BCUT2D eigenvalue weighted by atomic mass is 16.4. The van der Waals surface area contributed by atoms with Gasteiger partial charge in [-0.25, -0.2) is 4.98 Å². The molecule has 0 radical (unpaired) electrons. The van der Waals surface area contributed by atoms with E-state index in [1.165, 1.54) is 0 Å². The van der Waals surface area contributed by atoms with Gasteiger partial charge in [0.25, 0.3) is 6.01 Å². The van der Waals surface area contributed by atoms with Crippen LogP contribution in [-0.4, -0.2) is 58.0 Å². The third-order valence-corrected chi connectivity index (χ3v) is 5.57. The fraction of sp³-hybridized carbons (Fsp3) is 0.273. The molecule has 1 aromatic carbocycles. The molecule has 3 aromatic heterocycles. The van der Waals surface area contributed by atoms with E-state index in [1.54, 1.807) is 6.92 Å². The maximum atomic E-state index is 12.1. The average molecular weight is 417 g/mol. The van der Waals surface area contributed by atoms with Gasteiger partial charge in [-0.05, 0) is 43.3 Å². The molecule has 4 heterocycles. The zero-order chi connectivity index (χ0) is 21.5. The molecule has 4 N–H and O–H groups in total. The minimum Gasteiger partial charge on any atom is -0.424 e. The van der Waals surface area contributed by atoms with Gasteiger partial charge in [0.15, 0.2) is 5.58 Å². The van der Waals surface area contributed by atoms with Crippen molar-refractivity contribution in [1.82, 2.24) is 19.9 Å². The number of carbonyl (C=O) groups is 1. The Labute approximate surface area is 178 Å². The number of benzene rings is 1. The first kappa shape index (κ1) is 19.3. The van der Waals surface area contributed by atoms with Crippen molar-refractivity contribution in [2.24, 2.45) is 5.73 Å². The van der Waals surface area contributed by atoms with Crippen molar-refractivity contribution in [3.8, 4) is 11.3 Å². The quantitative estimate of drug-likeness (QED) is 0.518. The summed E-state index contributed by atoms with van der Waals surface area (Å²) >= 11 is 0. The first-order valence-electron chi connectivity index (χ1n) is 10.2. The molecule has 1 fully saturated rings. The van der Waals surface area contributed by atoms with Gasteiger partial charge in [-0.2, -0.15) is 4.98 Å². The predicted octanol–water partition coefficient (Wildman–Crippen LogP) is 2.02. The lowest BCUT2D eigenvalue weighted by Gasteiger charge is -2.36. The molecule has 1 aliphatic heterocycles. The van der Waals surface area contributed by atoms with E-state index in [4.69, 9.17) is 20.9 Å². The average Bonchev–Trinajstić information content (AvgIpc) is 3.17. The summed E-state index contributed by atoms with van der Waals surface area (Å²) in [5, 5.41) is 0. The van der Waals surface area contributed by atoms with Gasteiger partial charge >= 0.3 is 0 Å². The molecule has 9 heteroatoms. The second-order valence-electron chi connectivity index (χ2n) is 7.76. The van der Waals surface area contributed by atoms with Crippen LogP contribution in [0.4, 0.5) is 11.7 Å². The van der Waals surface area contributed by atoms with Crippen molar-refractivity contribution >= 4 is 39.7 Å². The fourth-order valence-corrected chi connectivity index (χ4v) is 3.91. The number of anilines is 2. The number of fused-ring (bicyclic) bond motifs is 2. The summed E-state index contributed by atoms with van der Waals surface area (Å²) in [4.78, 5) is 29.7. The van der Waals surface area contributed by atoms with E-state index < -0.39 is 6.04 Å². The first-order chi connectivity index (χ1) is 15.0. The highest BCUT2D eigenvalue weighted by Gasteiger charge is 2.23. The van der Waals surface area contributed by atoms with E-state index in [-0.39, 0.29) is 11.9 Å². The number of aromatic nitrogens is 3. The van der Waals surface area contributed by atoms with Crippen LogP contribution in [0.25, 0.3) is 33.4 Å². The normalized spacial score (nSPS) is 15.5. The molecule has 0 spiro atoms. The summed E-state index contributed by atoms with van der Waals surface area (Å²) < 4.78 is 5.35. The summed E-state index contributed by atoms with van der Waals surface area (Å²) in [5.74, 6) is -0.00608. The number of rotatable bonds is 3. The highest BCUT2D eigenvalue weighted by Crippen LogP contribution is 2.27. The number of piperazine rings is 1. The monoisotopic (exact) mass is 417 g/mol. The lowest BCUT2D eigenvalue weighted by molar-refractivity contribution is -0.132. The molecule has 5 rings (SSSR count). The molecule has 0 unspecified atom stereocenters. The number of nitrogens with zero attached hydrogens (tertiary/aromatic N) is 5. The van der Waals surface area contributed by atoms with E-state index in [1.807, 2.05) is 47.5 Å². The first-order valence-corrected chi connectivity index (χ1v) is 10.2. The molecule has 1 saturated heterocycles. The van der Waals surface area contributed by atoms with Crippen molar-refractivity contribution in [2.75, 3.05) is 36.8 Å². The standard InChI is InChI=1S/C22H23N7O2/c1-13(23)21(30)29-8-6-28(7-9-29)15-11-18-17(25-12-15)4-3-16(26-18)14-2-5-20-19(10-14)27-22(24)31-20/h2-5,10-13H,6-9,23H2,1H3,(H2,24,27)/t13-/m1/s1. The van der Waals surface area contributed by atoms with Crippen LogP contribution in [0.2, 0.25) is 0 Å². The maximum absolute atomic E-state index is 12.1. The Morgan fingerprint density at radius 1 is 1.03 bits per heavy atom. The van der Waals surface area contributed by atoms with Gasteiger partial charge in [-0.3, -0.25) is 9.78 Å². The Hall–Kier alpha value is -3.72. The summed E-state index contributed by atoms with van der Waals surface area (Å²) in [5.41, 5.74) is 17.1. The smallest absolute Gasteiger partial charge is 0.292 e. The van der Waals surface area contributed by atoms with E-state index in [0.717, 1.165) is 41.1 Å². The number of pyridine rings is 2. The minimum atomic E-state index is -0.468. The van der Waals surface area contributed by atoms with Crippen molar-refractivity contribution in [2.45, 2.75) is 13.0 Å². The van der Waals surface area contributed by atoms with Crippen LogP contribution in [0.15, 0.2) is 47.0 Å². The van der Waals surface area contributed by atoms with Crippen LogP contribution >= 0.6 is 0 Å². The van der Waals surface area contributed by atoms with Crippen molar-refractivity contribution in [3.05, 3.63) is 42.6 Å². The lowest BCUT2D eigenvalue weighted by atomic mass is 10.1. The second-order valence-corrected chi connectivity index (χ2v) is 7.76. The summed E-state index contributed by atoms with van der Waals surface area (Å²) in [6.07, 6.45) is 1.86.